The highest BCUT2D eigenvalue weighted by molar-refractivity contribution is 5.94. The SMILES string of the molecule is C[C@H]1COc2c1ccc1c3c(ccc21)C(C)(C)CCC3. The Bertz CT molecular complexity index is 696. The molecule has 0 bridgehead atoms. The second-order valence-electron chi connectivity index (χ2n) is 7.12. The fourth-order valence-corrected chi connectivity index (χ4v) is 4.05. The van der Waals surface area contributed by atoms with Crippen LogP contribution in [0.25, 0.3) is 10.8 Å². The Kier molecular flexibility index (Phi) is 2.45. The molecule has 1 atom stereocenters. The van der Waals surface area contributed by atoms with Crippen LogP contribution in [0.15, 0.2) is 24.3 Å². The number of ether oxygens (including phenoxy) is 1. The summed E-state index contributed by atoms with van der Waals surface area (Å²) in [5.74, 6) is 1.67. The smallest absolute Gasteiger partial charge is 0.130 e. The first-order valence-electron chi connectivity index (χ1n) is 7.80. The van der Waals surface area contributed by atoms with E-state index in [-0.39, 0.29) is 0 Å². The van der Waals surface area contributed by atoms with E-state index in [1.807, 2.05) is 0 Å². The van der Waals surface area contributed by atoms with Crippen LogP contribution in [0.5, 0.6) is 5.75 Å². The molecule has 0 N–H and O–H groups in total. The van der Waals surface area contributed by atoms with Gasteiger partial charge in [-0.25, -0.2) is 0 Å². The molecule has 2 aliphatic rings. The molecule has 0 fully saturated rings. The van der Waals surface area contributed by atoms with Crippen LogP contribution in [0, 0.1) is 0 Å². The molecule has 1 heterocycles. The summed E-state index contributed by atoms with van der Waals surface area (Å²) in [6, 6.07) is 9.26. The van der Waals surface area contributed by atoms with Crippen LogP contribution in [0.4, 0.5) is 0 Å². The first-order valence-corrected chi connectivity index (χ1v) is 7.80. The third kappa shape index (κ3) is 1.55. The summed E-state index contributed by atoms with van der Waals surface area (Å²) in [4.78, 5) is 0. The van der Waals surface area contributed by atoms with Crippen molar-refractivity contribution in [3.8, 4) is 5.75 Å². The molecule has 0 unspecified atom stereocenters. The molecule has 0 radical (unpaired) electrons. The van der Waals surface area contributed by atoms with Gasteiger partial charge in [-0.05, 0) is 41.2 Å². The average Bonchev–Trinajstić information content (AvgIpc) is 2.80. The third-order valence-corrected chi connectivity index (χ3v) is 5.26. The molecular formula is C19H22O. The molecule has 1 aliphatic heterocycles. The van der Waals surface area contributed by atoms with E-state index in [0.717, 1.165) is 12.4 Å². The van der Waals surface area contributed by atoms with Crippen molar-refractivity contribution in [1.82, 2.24) is 0 Å². The van der Waals surface area contributed by atoms with Crippen molar-refractivity contribution >= 4 is 10.8 Å². The normalized spacial score (nSPS) is 23.2. The summed E-state index contributed by atoms with van der Waals surface area (Å²) in [5, 5.41) is 2.74. The molecule has 2 aromatic rings. The zero-order chi connectivity index (χ0) is 13.9. The van der Waals surface area contributed by atoms with Gasteiger partial charge in [-0.15, -0.1) is 0 Å². The Labute approximate surface area is 120 Å². The molecule has 1 aliphatic carbocycles. The largest absolute Gasteiger partial charge is 0.492 e. The Morgan fingerprint density at radius 3 is 2.75 bits per heavy atom. The highest BCUT2D eigenvalue weighted by Gasteiger charge is 2.30. The molecule has 4 rings (SSSR count). The van der Waals surface area contributed by atoms with Crippen molar-refractivity contribution in [1.29, 1.82) is 0 Å². The number of hydrogen-bond acceptors (Lipinski definition) is 1. The molecule has 0 saturated heterocycles. The first-order chi connectivity index (χ1) is 9.58. The Hall–Kier alpha value is -1.50. The maximum Gasteiger partial charge on any atom is 0.130 e. The Morgan fingerprint density at radius 1 is 1.10 bits per heavy atom. The van der Waals surface area contributed by atoms with Crippen molar-refractivity contribution in [3.05, 3.63) is 41.0 Å². The van der Waals surface area contributed by atoms with Crippen LogP contribution in [-0.4, -0.2) is 6.61 Å². The number of benzene rings is 2. The van der Waals surface area contributed by atoms with Gasteiger partial charge in [-0.3, -0.25) is 0 Å². The van der Waals surface area contributed by atoms with Gasteiger partial charge in [-0.2, -0.15) is 0 Å². The summed E-state index contributed by atoms with van der Waals surface area (Å²) in [6.07, 6.45) is 3.81. The fourth-order valence-electron chi connectivity index (χ4n) is 4.05. The molecule has 0 aromatic heterocycles. The van der Waals surface area contributed by atoms with Crippen molar-refractivity contribution in [2.45, 2.75) is 51.4 Å². The standard InChI is InChI=1S/C19H22O/c1-12-11-20-18-13(12)6-7-14-15-5-4-10-19(2,3)17(15)9-8-16(14)18/h6-9,12H,4-5,10-11H2,1-3H3/t12-/m0/s1. The summed E-state index contributed by atoms with van der Waals surface area (Å²) in [7, 11) is 0. The van der Waals surface area contributed by atoms with E-state index in [2.05, 4.69) is 45.0 Å². The summed E-state index contributed by atoms with van der Waals surface area (Å²) in [6.45, 7) is 7.84. The molecule has 1 heteroatoms. The van der Waals surface area contributed by atoms with Crippen LogP contribution < -0.4 is 4.74 Å². The van der Waals surface area contributed by atoms with Gasteiger partial charge in [0.15, 0.2) is 0 Å². The minimum Gasteiger partial charge on any atom is -0.492 e. The summed E-state index contributed by atoms with van der Waals surface area (Å²) < 4.78 is 5.97. The quantitative estimate of drug-likeness (QED) is 0.655. The fraction of sp³-hybridized carbons (Fsp3) is 0.474. The first kappa shape index (κ1) is 12.3. The summed E-state index contributed by atoms with van der Waals surface area (Å²) in [5.41, 5.74) is 4.80. The summed E-state index contributed by atoms with van der Waals surface area (Å²) >= 11 is 0. The Balaban J connectivity index is 2.02. The van der Waals surface area contributed by atoms with E-state index in [4.69, 9.17) is 4.74 Å². The number of hydrogen-bond donors (Lipinski definition) is 0. The van der Waals surface area contributed by atoms with E-state index in [1.54, 1.807) is 11.1 Å². The van der Waals surface area contributed by atoms with E-state index in [1.165, 1.54) is 35.6 Å². The second kappa shape index (κ2) is 4.00. The molecular weight excluding hydrogens is 244 g/mol. The minimum absolute atomic E-state index is 0.314. The molecule has 2 aromatic carbocycles. The molecule has 0 spiro atoms. The van der Waals surface area contributed by atoms with Gasteiger partial charge in [0.05, 0.1) is 6.61 Å². The van der Waals surface area contributed by atoms with Gasteiger partial charge >= 0.3 is 0 Å². The van der Waals surface area contributed by atoms with E-state index in [0.29, 0.717) is 11.3 Å². The van der Waals surface area contributed by atoms with E-state index in [9.17, 15) is 0 Å². The molecule has 0 saturated carbocycles. The van der Waals surface area contributed by atoms with Gasteiger partial charge in [-0.1, -0.05) is 45.0 Å². The lowest BCUT2D eigenvalue weighted by atomic mass is 9.71. The minimum atomic E-state index is 0.314. The average molecular weight is 266 g/mol. The topological polar surface area (TPSA) is 9.23 Å². The van der Waals surface area contributed by atoms with Crippen molar-refractivity contribution < 1.29 is 4.74 Å². The monoisotopic (exact) mass is 266 g/mol. The maximum atomic E-state index is 5.97. The van der Waals surface area contributed by atoms with Gasteiger partial charge < -0.3 is 4.74 Å². The van der Waals surface area contributed by atoms with Gasteiger partial charge in [0.25, 0.3) is 0 Å². The van der Waals surface area contributed by atoms with Crippen molar-refractivity contribution in [2.75, 3.05) is 6.61 Å². The predicted octanol–water partition coefficient (Wildman–Crippen LogP) is 4.95. The zero-order valence-corrected chi connectivity index (χ0v) is 12.6. The maximum absolute atomic E-state index is 5.97. The van der Waals surface area contributed by atoms with E-state index >= 15 is 0 Å². The number of rotatable bonds is 0. The second-order valence-corrected chi connectivity index (χ2v) is 7.12. The van der Waals surface area contributed by atoms with Gasteiger partial charge in [0, 0.05) is 16.9 Å². The van der Waals surface area contributed by atoms with Crippen LogP contribution in [-0.2, 0) is 11.8 Å². The van der Waals surface area contributed by atoms with Gasteiger partial charge in [0.1, 0.15) is 5.75 Å². The highest BCUT2D eigenvalue weighted by atomic mass is 16.5. The predicted molar refractivity (Wildman–Crippen MR) is 83.8 cm³/mol. The molecule has 104 valence electrons. The van der Waals surface area contributed by atoms with Gasteiger partial charge in [0.2, 0.25) is 0 Å². The van der Waals surface area contributed by atoms with Crippen LogP contribution in [0.2, 0.25) is 0 Å². The highest BCUT2D eigenvalue weighted by Crippen LogP contribution is 2.45. The zero-order valence-electron chi connectivity index (χ0n) is 12.6. The third-order valence-electron chi connectivity index (χ3n) is 5.26. The number of aryl methyl sites for hydroxylation is 1. The number of fused-ring (bicyclic) bond motifs is 5. The Morgan fingerprint density at radius 2 is 1.90 bits per heavy atom. The van der Waals surface area contributed by atoms with Crippen molar-refractivity contribution in [2.24, 2.45) is 0 Å². The van der Waals surface area contributed by atoms with Crippen LogP contribution >= 0.6 is 0 Å². The van der Waals surface area contributed by atoms with Crippen molar-refractivity contribution in [3.63, 3.8) is 0 Å². The lowest BCUT2D eigenvalue weighted by molar-refractivity contribution is 0.340. The molecule has 0 amide bonds. The molecule has 1 nitrogen and oxygen atoms in total. The van der Waals surface area contributed by atoms with E-state index < -0.39 is 0 Å². The molecule has 20 heavy (non-hydrogen) atoms. The lowest BCUT2D eigenvalue weighted by Gasteiger charge is -2.33. The lowest BCUT2D eigenvalue weighted by Crippen LogP contribution is -2.23. The van der Waals surface area contributed by atoms with Crippen LogP contribution in [0.1, 0.15) is 56.2 Å². The van der Waals surface area contributed by atoms with Crippen LogP contribution in [0.3, 0.4) is 0 Å².